The molecule has 0 fully saturated rings. The molecule has 1 amide bonds. The maximum absolute atomic E-state index is 12.5. The number of hydrogen-bond acceptors (Lipinski definition) is 5. The predicted molar refractivity (Wildman–Crippen MR) is 108 cm³/mol. The molecule has 0 heterocycles. The molecule has 146 valence electrons. The predicted octanol–water partition coefficient (Wildman–Crippen LogP) is 3.98. The van der Waals surface area contributed by atoms with Crippen molar-refractivity contribution in [2.75, 3.05) is 11.9 Å². The first-order valence-electron chi connectivity index (χ1n) is 8.87. The minimum absolute atomic E-state index is 0.0445. The van der Waals surface area contributed by atoms with Crippen LogP contribution in [0.1, 0.15) is 21.5 Å². The van der Waals surface area contributed by atoms with Gasteiger partial charge in [-0.3, -0.25) is 14.9 Å². The van der Waals surface area contributed by atoms with Gasteiger partial charge in [0.1, 0.15) is 5.69 Å². The van der Waals surface area contributed by atoms with Crippen LogP contribution in [-0.2, 0) is 16.0 Å². The van der Waals surface area contributed by atoms with Crippen molar-refractivity contribution in [3.05, 3.63) is 106 Å². The number of amides is 1. The number of para-hydroxylation sites is 2. The maximum Gasteiger partial charge on any atom is 0.338 e. The van der Waals surface area contributed by atoms with Crippen molar-refractivity contribution < 1.29 is 19.2 Å². The van der Waals surface area contributed by atoms with E-state index < -0.39 is 23.4 Å². The second kappa shape index (κ2) is 9.27. The van der Waals surface area contributed by atoms with Crippen molar-refractivity contribution >= 4 is 23.3 Å². The summed E-state index contributed by atoms with van der Waals surface area (Å²) < 4.78 is 5.12. The van der Waals surface area contributed by atoms with E-state index in [2.05, 4.69) is 5.32 Å². The number of rotatable bonds is 7. The van der Waals surface area contributed by atoms with Gasteiger partial charge in [-0.2, -0.15) is 0 Å². The van der Waals surface area contributed by atoms with Gasteiger partial charge in [-0.05, 0) is 29.7 Å². The number of nitrogens with zero attached hydrogens (tertiary/aromatic N) is 1. The number of ether oxygens (including phenoxy) is 1. The third-order valence-corrected chi connectivity index (χ3v) is 4.18. The second-order valence-corrected chi connectivity index (χ2v) is 6.22. The standard InChI is InChI=1S/C22H18N2O5/c25-21(23-19-12-6-7-13-20(19)24(27)28)15-29-22(26)18-11-5-4-10-17(18)14-16-8-2-1-3-9-16/h1-13H,14-15H2,(H,23,25). The Morgan fingerprint density at radius 1 is 0.897 bits per heavy atom. The molecule has 0 spiro atoms. The number of benzene rings is 3. The molecule has 0 saturated carbocycles. The van der Waals surface area contributed by atoms with Gasteiger partial charge in [0.15, 0.2) is 6.61 Å². The van der Waals surface area contributed by atoms with Gasteiger partial charge in [-0.1, -0.05) is 60.7 Å². The van der Waals surface area contributed by atoms with Gasteiger partial charge in [-0.15, -0.1) is 0 Å². The number of nitrogens with one attached hydrogen (secondary N) is 1. The molecule has 0 atom stereocenters. The maximum atomic E-state index is 12.5. The number of nitro groups is 1. The molecule has 0 bridgehead atoms. The zero-order chi connectivity index (χ0) is 20.6. The van der Waals surface area contributed by atoms with Gasteiger partial charge in [0, 0.05) is 6.07 Å². The molecule has 0 aliphatic heterocycles. The van der Waals surface area contributed by atoms with Crippen LogP contribution < -0.4 is 5.32 Å². The highest BCUT2D eigenvalue weighted by Gasteiger charge is 2.17. The van der Waals surface area contributed by atoms with E-state index in [0.717, 1.165) is 11.1 Å². The topological polar surface area (TPSA) is 98.5 Å². The van der Waals surface area contributed by atoms with Gasteiger partial charge >= 0.3 is 5.97 Å². The minimum atomic E-state index is -0.659. The van der Waals surface area contributed by atoms with E-state index in [1.165, 1.54) is 18.2 Å². The molecule has 1 N–H and O–H groups in total. The lowest BCUT2D eigenvalue weighted by molar-refractivity contribution is -0.383. The first kappa shape index (κ1) is 19.8. The number of hydrogen-bond donors (Lipinski definition) is 1. The molecule has 3 rings (SSSR count). The smallest absolute Gasteiger partial charge is 0.338 e. The van der Waals surface area contributed by atoms with Gasteiger partial charge in [0.25, 0.3) is 11.6 Å². The Morgan fingerprint density at radius 2 is 1.55 bits per heavy atom. The summed E-state index contributed by atoms with van der Waals surface area (Å²) in [5.41, 5.74) is 2.00. The van der Waals surface area contributed by atoms with Crippen LogP contribution >= 0.6 is 0 Å². The fraction of sp³-hybridized carbons (Fsp3) is 0.0909. The summed E-state index contributed by atoms with van der Waals surface area (Å²) in [7, 11) is 0. The lowest BCUT2D eigenvalue weighted by atomic mass is 10.00. The first-order chi connectivity index (χ1) is 14.0. The van der Waals surface area contributed by atoms with E-state index in [4.69, 9.17) is 4.74 Å². The van der Waals surface area contributed by atoms with E-state index in [1.807, 2.05) is 42.5 Å². The highest BCUT2D eigenvalue weighted by Crippen LogP contribution is 2.23. The molecule has 3 aromatic carbocycles. The fourth-order valence-electron chi connectivity index (χ4n) is 2.82. The van der Waals surface area contributed by atoms with Crippen LogP contribution in [0.25, 0.3) is 0 Å². The van der Waals surface area contributed by atoms with Crippen LogP contribution in [0.5, 0.6) is 0 Å². The molecule has 29 heavy (non-hydrogen) atoms. The Bertz CT molecular complexity index is 1030. The van der Waals surface area contributed by atoms with Gasteiger partial charge < -0.3 is 10.1 Å². The Balaban J connectivity index is 1.64. The summed E-state index contributed by atoms with van der Waals surface area (Å²) in [6, 6.07) is 22.4. The SMILES string of the molecule is O=C(COC(=O)c1ccccc1Cc1ccccc1)Nc1ccccc1[N+](=O)[O-]. The molecule has 3 aromatic rings. The quantitative estimate of drug-likeness (QED) is 0.374. The van der Waals surface area contributed by atoms with E-state index in [-0.39, 0.29) is 11.4 Å². The summed E-state index contributed by atoms with van der Waals surface area (Å²) in [6.07, 6.45) is 0.550. The zero-order valence-corrected chi connectivity index (χ0v) is 15.4. The summed E-state index contributed by atoms with van der Waals surface area (Å²) in [4.78, 5) is 35.0. The van der Waals surface area contributed by atoms with Crippen molar-refractivity contribution in [3.8, 4) is 0 Å². The Hall–Kier alpha value is -4.00. The monoisotopic (exact) mass is 390 g/mol. The van der Waals surface area contributed by atoms with Crippen LogP contribution in [0.15, 0.2) is 78.9 Å². The van der Waals surface area contributed by atoms with Crippen LogP contribution in [0.4, 0.5) is 11.4 Å². The van der Waals surface area contributed by atoms with E-state index in [9.17, 15) is 19.7 Å². The average molecular weight is 390 g/mol. The van der Waals surface area contributed by atoms with Gasteiger partial charge in [-0.25, -0.2) is 4.79 Å². The fourth-order valence-corrected chi connectivity index (χ4v) is 2.82. The third-order valence-electron chi connectivity index (χ3n) is 4.18. The summed E-state index contributed by atoms with van der Waals surface area (Å²) >= 11 is 0. The second-order valence-electron chi connectivity index (χ2n) is 6.22. The molecular weight excluding hydrogens is 372 g/mol. The molecule has 0 aliphatic rings. The van der Waals surface area contributed by atoms with Crippen molar-refractivity contribution in [1.29, 1.82) is 0 Å². The van der Waals surface area contributed by atoms with Crippen LogP contribution in [-0.4, -0.2) is 23.4 Å². The Labute approximate surface area is 167 Å². The summed E-state index contributed by atoms with van der Waals surface area (Å²) in [6.45, 7) is -0.551. The molecule has 0 aromatic heterocycles. The lowest BCUT2D eigenvalue weighted by Crippen LogP contribution is -2.22. The average Bonchev–Trinajstić information content (AvgIpc) is 2.73. The third kappa shape index (κ3) is 5.26. The molecule has 0 radical (unpaired) electrons. The highest BCUT2D eigenvalue weighted by atomic mass is 16.6. The normalized spacial score (nSPS) is 10.2. The molecular formula is C22H18N2O5. The first-order valence-corrected chi connectivity index (χ1v) is 8.87. The van der Waals surface area contributed by atoms with E-state index >= 15 is 0 Å². The van der Waals surface area contributed by atoms with Gasteiger partial charge in [0.2, 0.25) is 0 Å². The largest absolute Gasteiger partial charge is 0.452 e. The zero-order valence-electron chi connectivity index (χ0n) is 15.4. The summed E-state index contributed by atoms with van der Waals surface area (Å²) in [5.74, 6) is -1.29. The number of carbonyl (C=O) groups excluding carboxylic acids is 2. The van der Waals surface area contributed by atoms with Crippen molar-refractivity contribution in [1.82, 2.24) is 0 Å². The number of carbonyl (C=O) groups is 2. The Morgan fingerprint density at radius 3 is 2.31 bits per heavy atom. The highest BCUT2D eigenvalue weighted by molar-refractivity contribution is 5.97. The lowest BCUT2D eigenvalue weighted by Gasteiger charge is -2.10. The van der Waals surface area contributed by atoms with Crippen molar-refractivity contribution in [3.63, 3.8) is 0 Å². The summed E-state index contributed by atoms with van der Waals surface area (Å²) in [5, 5.41) is 13.4. The minimum Gasteiger partial charge on any atom is -0.452 e. The molecule has 0 unspecified atom stereocenters. The molecule has 0 saturated heterocycles. The van der Waals surface area contributed by atoms with Gasteiger partial charge in [0.05, 0.1) is 10.5 Å². The van der Waals surface area contributed by atoms with Crippen LogP contribution in [0.3, 0.4) is 0 Å². The van der Waals surface area contributed by atoms with E-state index in [0.29, 0.717) is 12.0 Å². The van der Waals surface area contributed by atoms with Crippen molar-refractivity contribution in [2.24, 2.45) is 0 Å². The van der Waals surface area contributed by atoms with Crippen LogP contribution in [0, 0.1) is 10.1 Å². The number of nitro benzene ring substituents is 1. The molecule has 7 nitrogen and oxygen atoms in total. The molecule has 7 heteroatoms. The molecule has 0 aliphatic carbocycles. The van der Waals surface area contributed by atoms with Crippen molar-refractivity contribution in [2.45, 2.75) is 6.42 Å². The number of anilines is 1. The number of esters is 1. The Kier molecular flexibility index (Phi) is 6.32. The van der Waals surface area contributed by atoms with Crippen LogP contribution in [0.2, 0.25) is 0 Å². The van der Waals surface area contributed by atoms with E-state index in [1.54, 1.807) is 18.2 Å².